The van der Waals surface area contributed by atoms with Crippen LogP contribution in [0.1, 0.15) is 44.7 Å². The normalized spacial score (nSPS) is 15.8. The average molecular weight is 239 g/mol. The molecule has 2 nitrogen and oxygen atoms in total. The van der Waals surface area contributed by atoms with Gasteiger partial charge in [-0.1, -0.05) is 63.0 Å². The molecule has 0 saturated heterocycles. The van der Waals surface area contributed by atoms with Crippen molar-refractivity contribution < 1.29 is 8.76 Å². The zero-order chi connectivity index (χ0) is 12.3. The highest BCUT2D eigenvalue weighted by Gasteiger charge is 2.21. The van der Waals surface area contributed by atoms with E-state index in [4.69, 9.17) is 0 Å². The minimum atomic E-state index is -2.00. The van der Waals surface area contributed by atoms with E-state index < -0.39 is 11.1 Å². The molecule has 0 N–H and O–H groups in total. The van der Waals surface area contributed by atoms with Gasteiger partial charge in [0, 0.05) is 5.75 Å². The van der Waals surface area contributed by atoms with E-state index in [0.29, 0.717) is 5.92 Å². The lowest BCUT2D eigenvalue weighted by atomic mass is 9.78. The molecule has 0 saturated carbocycles. The summed E-state index contributed by atoms with van der Waals surface area (Å²) in [5, 5.41) is 0. The van der Waals surface area contributed by atoms with Crippen molar-refractivity contribution in [3.05, 3.63) is 35.4 Å². The summed E-state index contributed by atoms with van der Waals surface area (Å²) in [5.74, 6) is 0.559. The van der Waals surface area contributed by atoms with Gasteiger partial charge in [-0.05, 0) is 22.5 Å². The van der Waals surface area contributed by atoms with Gasteiger partial charge in [0.15, 0.2) is 0 Å². The summed E-state index contributed by atoms with van der Waals surface area (Å²) in [7, 11) is 0. The molecule has 90 valence electrons. The topological polar surface area (TPSA) is 40.1 Å². The minimum Gasteiger partial charge on any atom is -0.772 e. The van der Waals surface area contributed by atoms with Crippen molar-refractivity contribution in [3.8, 4) is 0 Å². The Bertz CT molecular complexity index is 363. The van der Waals surface area contributed by atoms with Gasteiger partial charge in [-0.3, -0.25) is 4.21 Å². The molecule has 2 atom stereocenters. The van der Waals surface area contributed by atoms with Crippen LogP contribution in [0.25, 0.3) is 0 Å². The van der Waals surface area contributed by atoms with Gasteiger partial charge in [-0.2, -0.15) is 0 Å². The maximum atomic E-state index is 10.5. The number of hydrogen-bond acceptors (Lipinski definition) is 2. The second-order valence-corrected chi connectivity index (χ2v) is 6.17. The van der Waals surface area contributed by atoms with E-state index in [9.17, 15) is 8.76 Å². The molecule has 0 aromatic heterocycles. The van der Waals surface area contributed by atoms with Crippen molar-refractivity contribution in [2.45, 2.75) is 39.4 Å². The lowest BCUT2D eigenvalue weighted by Gasteiger charge is -2.27. The van der Waals surface area contributed by atoms with E-state index in [-0.39, 0.29) is 11.2 Å². The predicted molar refractivity (Wildman–Crippen MR) is 66.9 cm³/mol. The van der Waals surface area contributed by atoms with E-state index in [1.165, 1.54) is 5.56 Å². The van der Waals surface area contributed by atoms with E-state index in [0.717, 1.165) is 5.56 Å². The largest absolute Gasteiger partial charge is 0.772 e. The van der Waals surface area contributed by atoms with E-state index in [1.807, 2.05) is 24.3 Å². The van der Waals surface area contributed by atoms with Gasteiger partial charge in [0.05, 0.1) is 0 Å². The van der Waals surface area contributed by atoms with Crippen LogP contribution >= 0.6 is 0 Å². The van der Waals surface area contributed by atoms with Crippen LogP contribution in [0.3, 0.4) is 0 Å². The zero-order valence-corrected chi connectivity index (χ0v) is 11.1. The maximum absolute atomic E-state index is 10.5. The van der Waals surface area contributed by atoms with Gasteiger partial charge in [0.25, 0.3) is 0 Å². The first-order valence-corrected chi connectivity index (χ1v) is 6.70. The lowest BCUT2D eigenvalue weighted by Crippen LogP contribution is -2.15. The van der Waals surface area contributed by atoms with Gasteiger partial charge >= 0.3 is 0 Å². The summed E-state index contributed by atoms with van der Waals surface area (Å²) in [5.41, 5.74) is 2.33. The standard InChI is InChI=1S/C13H20O2S/c1-10(13(2,3)4)12-7-5-11(6-8-12)9-16(14)15/h5-8,10H,9H2,1-4H3,(H,14,15)/p-1. The molecular weight excluding hydrogens is 220 g/mol. The van der Waals surface area contributed by atoms with Gasteiger partial charge in [0.1, 0.15) is 0 Å². The highest BCUT2D eigenvalue weighted by atomic mass is 32.2. The first kappa shape index (κ1) is 13.4. The molecule has 1 aromatic rings. The Morgan fingerprint density at radius 2 is 1.75 bits per heavy atom. The Hall–Kier alpha value is -0.670. The van der Waals surface area contributed by atoms with Gasteiger partial charge in [-0.15, -0.1) is 0 Å². The van der Waals surface area contributed by atoms with Crippen LogP contribution in [-0.2, 0) is 16.8 Å². The van der Waals surface area contributed by atoms with Crippen LogP contribution in [0, 0.1) is 5.41 Å². The number of benzene rings is 1. The summed E-state index contributed by atoms with van der Waals surface area (Å²) in [6.45, 7) is 8.82. The van der Waals surface area contributed by atoms with Gasteiger partial charge in [0.2, 0.25) is 0 Å². The fourth-order valence-electron chi connectivity index (χ4n) is 1.54. The average Bonchev–Trinajstić information content (AvgIpc) is 2.15. The molecular formula is C13H19O2S-. The van der Waals surface area contributed by atoms with Crippen molar-refractivity contribution >= 4 is 11.1 Å². The van der Waals surface area contributed by atoms with Crippen LogP contribution in [0.4, 0.5) is 0 Å². The Kier molecular flexibility index (Phi) is 4.28. The van der Waals surface area contributed by atoms with Crippen molar-refractivity contribution in [2.75, 3.05) is 0 Å². The summed E-state index contributed by atoms with van der Waals surface area (Å²) in [6, 6.07) is 7.84. The van der Waals surface area contributed by atoms with Gasteiger partial charge in [-0.25, -0.2) is 0 Å². The molecule has 0 aliphatic carbocycles. The van der Waals surface area contributed by atoms with Crippen molar-refractivity contribution in [3.63, 3.8) is 0 Å². The molecule has 0 radical (unpaired) electrons. The SMILES string of the molecule is CC(c1ccc(CS(=O)[O-])cc1)C(C)(C)C. The Morgan fingerprint density at radius 1 is 1.25 bits per heavy atom. The highest BCUT2D eigenvalue weighted by molar-refractivity contribution is 7.78. The molecule has 0 bridgehead atoms. The second kappa shape index (κ2) is 5.11. The van der Waals surface area contributed by atoms with Crippen LogP contribution in [0.5, 0.6) is 0 Å². The Morgan fingerprint density at radius 3 is 2.12 bits per heavy atom. The lowest BCUT2D eigenvalue weighted by molar-refractivity contribution is 0.339. The summed E-state index contributed by atoms with van der Waals surface area (Å²) >= 11 is -2.00. The first-order chi connectivity index (χ1) is 7.30. The maximum Gasteiger partial charge on any atom is 0.0353 e. The van der Waals surface area contributed by atoms with E-state index in [2.05, 4.69) is 27.7 Å². The quantitative estimate of drug-likeness (QED) is 0.760. The summed E-state index contributed by atoms with van der Waals surface area (Å²) < 4.78 is 21.1. The molecule has 0 spiro atoms. The van der Waals surface area contributed by atoms with E-state index >= 15 is 0 Å². The molecule has 0 aliphatic rings. The Balaban J connectivity index is 2.83. The highest BCUT2D eigenvalue weighted by Crippen LogP contribution is 2.34. The fraction of sp³-hybridized carbons (Fsp3) is 0.538. The monoisotopic (exact) mass is 239 g/mol. The third-order valence-electron chi connectivity index (χ3n) is 3.06. The van der Waals surface area contributed by atoms with Crippen molar-refractivity contribution in [2.24, 2.45) is 5.41 Å². The summed E-state index contributed by atoms with van der Waals surface area (Å²) in [4.78, 5) is 0. The molecule has 1 aromatic carbocycles. The fourth-order valence-corrected chi connectivity index (χ4v) is 2.00. The van der Waals surface area contributed by atoms with Crippen LogP contribution in [-0.4, -0.2) is 8.76 Å². The molecule has 2 unspecified atom stereocenters. The van der Waals surface area contributed by atoms with E-state index in [1.54, 1.807) is 0 Å². The smallest absolute Gasteiger partial charge is 0.0353 e. The van der Waals surface area contributed by atoms with Crippen LogP contribution in [0.15, 0.2) is 24.3 Å². The third-order valence-corrected chi connectivity index (χ3v) is 3.63. The Labute approximate surface area is 100 Å². The third kappa shape index (κ3) is 3.72. The second-order valence-electron chi connectivity index (χ2n) is 5.28. The minimum absolute atomic E-state index is 0.101. The number of rotatable bonds is 3. The molecule has 0 fully saturated rings. The molecule has 0 aliphatic heterocycles. The first-order valence-electron chi connectivity index (χ1n) is 5.45. The van der Waals surface area contributed by atoms with Crippen molar-refractivity contribution in [1.29, 1.82) is 0 Å². The predicted octanol–water partition coefficient (Wildman–Crippen LogP) is 3.22. The number of hydrogen-bond donors (Lipinski definition) is 0. The molecule has 0 heterocycles. The molecule has 3 heteroatoms. The summed E-state index contributed by atoms with van der Waals surface area (Å²) in [6.07, 6.45) is 0. The molecule has 16 heavy (non-hydrogen) atoms. The molecule has 1 rings (SSSR count). The van der Waals surface area contributed by atoms with Crippen molar-refractivity contribution in [1.82, 2.24) is 0 Å². The molecule has 0 amide bonds. The zero-order valence-electron chi connectivity index (χ0n) is 10.3. The van der Waals surface area contributed by atoms with Crippen LogP contribution in [0.2, 0.25) is 0 Å². The van der Waals surface area contributed by atoms with Crippen LogP contribution < -0.4 is 0 Å². The van der Waals surface area contributed by atoms with Gasteiger partial charge < -0.3 is 4.55 Å².